The summed E-state index contributed by atoms with van der Waals surface area (Å²) in [5, 5.41) is 0. The van der Waals surface area contributed by atoms with E-state index in [0.717, 1.165) is 0 Å². The van der Waals surface area contributed by atoms with Crippen LogP contribution >= 0.6 is 0 Å². The Labute approximate surface area is 43.6 Å². The molecule has 0 aliphatic carbocycles. The zero-order valence-electron chi connectivity index (χ0n) is 4.18. The van der Waals surface area contributed by atoms with Crippen molar-refractivity contribution in [3.63, 3.8) is 0 Å². The van der Waals surface area contributed by atoms with Crippen molar-refractivity contribution in [2.45, 2.75) is 0 Å². The highest BCUT2D eigenvalue weighted by Crippen LogP contribution is 1.91. The van der Waals surface area contributed by atoms with E-state index < -0.39 is 0 Å². The second kappa shape index (κ2) is 3.22. The van der Waals surface area contributed by atoms with Crippen molar-refractivity contribution in [2.24, 2.45) is 0 Å². The van der Waals surface area contributed by atoms with E-state index in [-0.39, 0.29) is 0 Å². The maximum Gasteiger partial charge on any atom is 0.118 e. The van der Waals surface area contributed by atoms with Crippen LogP contribution in [-0.2, 0) is 4.74 Å². The Morgan fingerprint density at radius 1 is 1.43 bits per heavy atom. The van der Waals surface area contributed by atoms with Crippen LogP contribution in [-0.4, -0.2) is 0 Å². The molecule has 0 aliphatic rings. The van der Waals surface area contributed by atoms with E-state index in [4.69, 9.17) is 0 Å². The molecular weight excluding hydrogens is 88.1 g/mol. The van der Waals surface area contributed by atoms with Gasteiger partial charge in [-0.1, -0.05) is 19.7 Å². The fraction of sp³-hybridized carbons (Fsp3) is 0. The molecule has 0 aliphatic heterocycles. The van der Waals surface area contributed by atoms with Gasteiger partial charge in [0, 0.05) is 0 Å². The second-order valence-electron chi connectivity index (χ2n) is 0.955. The van der Waals surface area contributed by atoms with E-state index in [0.29, 0.717) is 5.76 Å². The first-order chi connectivity index (χ1) is 3.31. The maximum atomic E-state index is 4.64. The summed E-state index contributed by atoms with van der Waals surface area (Å²) >= 11 is 0. The van der Waals surface area contributed by atoms with Crippen LogP contribution in [0, 0.1) is 0 Å². The van der Waals surface area contributed by atoms with Crippen LogP contribution in [0.4, 0.5) is 0 Å². The summed E-state index contributed by atoms with van der Waals surface area (Å²) in [6, 6.07) is 0. The van der Waals surface area contributed by atoms with E-state index in [1.54, 1.807) is 0 Å². The van der Waals surface area contributed by atoms with Crippen LogP contribution in [0.1, 0.15) is 0 Å². The van der Waals surface area contributed by atoms with Crippen molar-refractivity contribution >= 4 is 0 Å². The predicted molar refractivity (Wildman–Crippen MR) is 30.6 cm³/mol. The van der Waals surface area contributed by atoms with Crippen molar-refractivity contribution in [1.82, 2.24) is 0 Å². The van der Waals surface area contributed by atoms with Crippen LogP contribution in [0.2, 0.25) is 0 Å². The first-order valence-corrected chi connectivity index (χ1v) is 1.90. The molecule has 0 fully saturated rings. The molecule has 0 unspecified atom stereocenters. The number of rotatable bonds is 3. The minimum Gasteiger partial charge on any atom is -0.466 e. The molecule has 38 valence electrons. The van der Waals surface area contributed by atoms with Gasteiger partial charge in [-0.25, -0.2) is 0 Å². The quantitative estimate of drug-likeness (QED) is 0.385. The standard InChI is InChI=1S/C6H8O/c1-4-6(3)7-5-2/h4-5H,1-3H2. The van der Waals surface area contributed by atoms with E-state index >= 15 is 0 Å². The second-order valence-corrected chi connectivity index (χ2v) is 0.955. The van der Waals surface area contributed by atoms with Crippen molar-refractivity contribution < 1.29 is 4.74 Å². The minimum absolute atomic E-state index is 0.523. The molecule has 1 nitrogen and oxygen atoms in total. The van der Waals surface area contributed by atoms with Crippen LogP contribution in [0.3, 0.4) is 0 Å². The Kier molecular flexibility index (Phi) is 2.77. The summed E-state index contributed by atoms with van der Waals surface area (Å²) in [5.74, 6) is 0.523. The van der Waals surface area contributed by atoms with Gasteiger partial charge in [0.2, 0.25) is 0 Å². The average Bonchev–Trinajstić information content (AvgIpc) is 1.68. The third kappa shape index (κ3) is 2.83. The molecule has 0 saturated carbocycles. The minimum atomic E-state index is 0.523. The normalized spacial score (nSPS) is 6.86. The van der Waals surface area contributed by atoms with Gasteiger partial charge >= 0.3 is 0 Å². The molecule has 0 amide bonds. The highest BCUT2D eigenvalue weighted by atomic mass is 16.5. The molecule has 0 saturated heterocycles. The molecule has 0 atom stereocenters. The van der Waals surface area contributed by atoms with Gasteiger partial charge in [0.15, 0.2) is 0 Å². The maximum absolute atomic E-state index is 4.64. The molecular formula is C6H8O. The summed E-state index contributed by atoms with van der Waals surface area (Å²) in [6.45, 7) is 10.2. The van der Waals surface area contributed by atoms with Crippen LogP contribution in [0.15, 0.2) is 37.8 Å². The molecule has 0 heterocycles. The van der Waals surface area contributed by atoms with E-state index in [1.807, 2.05) is 0 Å². The van der Waals surface area contributed by atoms with Crippen molar-refractivity contribution in [3.05, 3.63) is 37.8 Å². The Morgan fingerprint density at radius 2 is 2.00 bits per heavy atom. The molecule has 0 radical (unpaired) electrons. The van der Waals surface area contributed by atoms with Crippen molar-refractivity contribution in [3.8, 4) is 0 Å². The number of allylic oxidation sites excluding steroid dienone is 1. The lowest BCUT2D eigenvalue weighted by Crippen LogP contribution is -1.71. The predicted octanol–water partition coefficient (Wildman–Crippen LogP) is 1.85. The summed E-state index contributed by atoms with van der Waals surface area (Å²) < 4.78 is 4.64. The zero-order chi connectivity index (χ0) is 5.70. The molecule has 0 aromatic heterocycles. The SMILES string of the molecule is C=COC(=C)C=C. The number of hydrogen-bond acceptors (Lipinski definition) is 1. The molecule has 0 rings (SSSR count). The molecule has 1 heteroatoms. The monoisotopic (exact) mass is 96.1 g/mol. The highest BCUT2D eigenvalue weighted by Gasteiger charge is 1.74. The summed E-state index contributed by atoms with van der Waals surface area (Å²) in [7, 11) is 0. The van der Waals surface area contributed by atoms with Gasteiger partial charge in [-0.05, 0) is 6.08 Å². The van der Waals surface area contributed by atoms with Gasteiger partial charge in [0.25, 0.3) is 0 Å². The smallest absolute Gasteiger partial charge is 0.118 e. The highest BCUT2D eigenvalue weighted by molar-refractivity contribution is 5.02. The van der Waals surface area contributed by atoms with Gasteiger partial charge in [-0.15, -0.1) is 0 Å². The molecule has 0 N–H and O–H groups in total. The van der Waals surface area contributed by atoms with Gasteiger partial charge in [0.1, 0.15) is 5.76 Å². The molecule has 0 spiro atoms. The van der Waals surface area contributed by atoms with Crippen molar-refractivity contribution in [2.75, 3.05) is 0 Å². The molecule has 0 aromatic carbocycles. The lowest BCUT2D eigenvalue weighted by molar-refractivity contribution is 0.372. The van der Waals surface area contributed by atoms with Crippen LogP contribution in [0.5, 0.6) is 0 Å². The lowest BCUT2D eigenvalue weighted by Gasteiger charge is -1.92. The van der Waals surface area contributed by atoms with Gasteiger partial charge in [-0.2, -0.15) is 0 Å². The third-order valence-electron chi connectivity index (χ3n) is 0.462. The van der Waals surface area contributed by atoms with E-state index in [1.165, 1.54) is 12.3 Å². The third-order valence-corrected chi connectivity index (χ3v) is 0.462. The lowest BCUT2D eigenvalue weighted by atomic mass is 10.6. The molecule has 0 aromatic rings. The fourth-order valence-corrected chi connectivity index (χ4v) is 0.155. The van der Waals surface area contributed by atoms with E-state index in [2.05, 4.69) is 24.5 Å². The molecule has 0 bridgehead atoms. The summed E-state index contributed by atoms with van der Waals surface area (Å²) in [6.07, 6.45) is 2.83. The Morgan fingerprint density at radius 3 is 2.14 bits per heavy atom. The van der Waals surface area contributed by atoms with Gasteiger partial charge in [0.05, 0.1) is 6.26 Å². The fourth-order valence-electron chi connectivity index (χ4n) is 0.155. The van der Waals surface area contributed by atoms with Gasteiger partial charge < -0.3 is 4.74 Å². The Balaban J connectivity index is 3.36. The number of hydrogen-bond donors (Lipinski definition) is 0. The van der Waals surface area contributed by atoms with Crippen molar-refractivity contribution in [1.29, 1.82) is 0 Å². The van der Waals surface area contributed by atoms with Gasteiger partial charge in [-0.3, -0.25) is 0 Å². The first kappa shape index (κ1) is 6.02. The van der Waals surface area contributed by atoms with Crippen LogP contribution in [0.25, 0.3) is 0 Å². The number of ether oxygens (including phenoxy) is 1. The zero-order valence-corrected chi connectivity index (χ0v) is 4.18. The Hall–Kier alpha value is -0.980. The Bertz CT molecular complexity index is 92.4. The average molecular weight is 96.1 g/mol. The molecule has 7 heavy (non-hydrogen) atoms. The first-order valence-electron chi connectivity index (χ1n) is 1.90. The summed E-state index contributed by atoms with van der Waals surface area (Å²) in [5.41, 5.74) is 0. The van der Waals surface area contributed by atoms with E-state index in [9.17, 15) is 0 Å². The largest absolute Gasteiger partial charge is 0.466 e. The summed E-state index contributed by atoms with van der Waals surface area (Å²) in [4.78, 5) is 0. The van der Waals surface area contributed by atoms with Crippen LogP contribution < -0.4 is 0 Å². The topological polar surface area (TPSA) is 9.23 Å².